The van der Waals surface area contributed by atoms with Crippen molar-refractivity contribution in [3.63, 3.8) is 0 Å². The number of aryl methyl sites for hydroxylation is 2. The van der Waals surface area contributed by atoms with Crippen LogP contribution < -0.4 is 0 Å². The van der Waals surface area contributed by atoms with E-state index >= 15 is 0 Å². The maximum atomic E-state index is 12.1. The molecule has 37 heavy (non-hydrogen) atoms. The lowest BCUT2D eigenvalue weighted by Gasteiger charge is -2.16. The molecule has 0 unspecified atom stereocenters. The molecule has 4 rings (SSSR count). The van der Waals surface area contributed by atoms with Crippen molar-refractivity contribution in [3.05, 3.63) is 41.0 Å². The second-order valence-electron chi connectivity index (χ2n) is 9.07. The maximum Gasteiger partial charge on any atom is 0.296 e. The van der Waals surface area contributed by atoms with Crippen LogP contribution in [0.4, 0.5) is 11.5 Å². The molecule has 194 valence electrons. The summed E-state index contributed by atoms with van der Waals surface area (Å²) in [6.45, 7) is 8.88. The Hall–Kier alpha value is -3.98. The van der Waals surface area contributed by atoms with Crippen LogP contribution in [0.2, 0.25) is 0 Å². The van der Waals surface area contributed by atoms with E-state index in [4.69, 9.17) is 0 Å². The number of nitrogens with zero attached hydrogens (tertiary/aromatic N) is 8. The van der Waals surface area contributed by atoms with E-state index in [-0.39, 0.29) is 17.1 Å². The molecule has 0 fully saturated rings. The molecule has 0 spiro atoms. The molecule has 4 aromatic rings. The van der Waals surface area contributed by atoms with Crippen molar-refractivity contribution in [1.82, 2.24) is 29.6 Å². The molecule has 0 aliphatic heterocycles. The van der Waals surface area contributed by atoms with Gasteiger partial charge in [0.15, 0.2) is 11.5 Å². The number of rotatable bonds is 5. The van der Waals surface area contributed by atoms with Crippen molar-refractivity contribution >= 4 is 37.4 Å². The van der Waals surface area contributed by atoms with Crippen LogP contribution in [0.15, 0.2) is 38.2 Å². The molecular formula is C20H21N9O6S2. The fourth-order valence-electron chi connectivity index (χ4n) is 3.58. The molecule has 0 amide bonds. The second kappa shape index (κ2) is 8.55. The molecule has 3 N–H and O–H groups in total. The van der Waals surface area contributed by atoms with E-state index in [0.717, 1.165) is 22.9 Å². The van der Waals surface area contributed by atoms with Gasteiger partial charge >= 0.3 is 0 Å². The second-order valence-corrected chi connectivity index (χ2v) is 11.9. The number of nitriles is 1. The van der Waals surface area contributed by atoms with Gasteiger partial charge in [0, 0.05) is 5.41 Å². The standard InChI is InChI=1S/C20H21N9O6S2/c1-10-13(9-21)18(24-23-16-17(20(3,4)5)27-29-19(16)22-11(2)26-29)28(25-10)14-8-12(36(30,31)32)6-7-15(14)37(33,34)35/h6-8,27H,1-5H3,(H,30,31,32)(H,33,34,35). The van der Waals surface area contributed by atoms with Gasteiger partial charge in [0.2, 0.25) is 5.65 Å². The van der Waals surface area contributed by atoms with Crippen LogP contribution in [0, 0.1) is 25.2 Å². The largest absolute Gasteiger partial charge is 0.296 e. The van der Waals surface area contributed by atoms with Crippen molar-refractivity contribution < 1.29 is 25.9 Å². The molecule has 15 nitrogen and oxygen atoms in total. The Balaban J connectivity index is 2.03. The van der Waals surface area contributed by atoms with Crippen molar-refractivity contribution in [2.45, 2.75) is 49.8 Å². The van der Waals surface area contributed by atoms with Gasteiger partial charge in [0.05, 0.1) is 22.0 Å². The van der Waals surface area contributed by atoms with Gasteiger partial charge in [-0.3, -0.25) is 14.2 Å². The van der Waals surface area contributed by atoms with Gasteiger partial charge in [-0.15, -0.1) is 15.3 Å². The van der Waals surface area contributed by atoms with Crippen molar-refractivity contribution in [3.8, 4) is 11.8 Å². The summed E-state index contributed by atoms with van der Waals surface area (Å²) in [4.78, 5) is 2.93. The topological polar surface area (TPSA) is 221 Å². The van der Waals surface area contributed by atoms with Crippen LogP contribution >= 0.6 is 0 Å². The molecule has 0 atom stereocenters. The summed E-state index contributed by atoms with van der Waals surface area (Å²) >= 11 is 0. The Kier molecular flexibility index (Phi) is 6.03. The first-order valence-electron chi connectivity index (χ1n) is 10.5. The fourth-order valence-corrected chi connectivity index (χ4v) is 4.73. The Morgan fingerprint density at radius 1 is 1.05 bits per heavy atom. The molecule has 0 bridgehead atoms. The average molecular weight is 548 g/mol. The summed E-state index contributed by atoms with van der Waals surface area (Å²) in [6, 6.07) is 4.27. The molecule has 1 aromatic carbocycles. The van der Waals surface area contributed by atoms with Crippen LogP contribution in [0.3, 0.4) is 0 Å². The summed E-state index contributed by atoms with van der Waals surface area (Å²) in [5, 5.41) is 29.7. The van der Waals surface area contributed by atoms with Gasteiger partial charge in [-0.1, -0.05) is 20.8 Å². The molecular weight excluding hydrogens is 526 g/mol. The predicted octanol–water partition coefficient (Wildman–Crippen LogP) is 2.94. The normalized spacial score (nSPS) is 13.0. The van der Waals surface area contributed by atoms with Gasteiger partial charge in [-0.2, -0.15) is 31.8 Å². The summed E-state index contributed by atoms with van der Waals surface area (Å²) in [5.74, 6) is 0.203. The van der Waals surface area contributed by atoms with Crippen molar-refractivity contribution in [2.24, 2.45) is 10.2 Å². The Bertz CT molecular complexity index is 1850. The lowest BCUT2D eigenvalue weighted by atomic mass is 9.91. The molecule has 0 saturated heterocycles. The first kappa shape index (κ1) is 26.1. The van der Waals surface area contributed by atoms with Crippen LogP contribution in [0.5, 0.6) is 0 Å². The third kappa shape index (κ3) is 4.74. The van der Waals surface area contributed by atoms with E-state index in [1.165, 1.54) is 11.6 Å². The Labute approximate surface area is 211 Å². The highest BCUT2D eigenvalue weighted by Gasteiger charge is 2.28. The van der Waals surface area contributed by atoms with Gasteiger partial charge in [-0.05, 0) is 32.0 Å². The smallest absolute Gasteiger partial charge is 0.282 e. The number of aromatic amines is 1. The number of aromatic nitrogens is 6. The number of nitrogens with one attached hydrogen (secondary N) is 1. The molecule has 3 heterocycles. The third-order valence-electron chi connectivity index (χ3n) is 5.26. The zero-order chi connectivity index (χ0) is 27.5. The maximum absolute atomic E-state index is 12.1. The SMILES string of the molecule is Cc1nc2c(N=Nc3c(C#N)c(C)nn3-c3cc(S(=O)(=O)O)ccc3S(=O)(=O)O)c(C(C)(C)C)[nH]n2n1. The number of fused-ring (bicyclic) bond motifs is 1. The molecule has 17 heteroatoms. The molecule has 0 radical (unpaired) electrons. The van der Waals surface area contributed by atoms with Crippen LogP contribution in [-0.4, -0.2) is 55.5 Å². The minimum Gasteiger partial charge on any atom is -0.282 e. The van der Waals surface area contributed by atoms with Crippen LogP contribution in [0.25, 0.3) is 11.3 Å². The quantitative estimate of drug-likeness (QED) is 0.245. The summed E-state index contributed by atoms with van der Waals surface area (Å²) in [7, 11) is -9.67. The minimum absolute atomic E-state index is 0.0937. The lowest BCUT2D eigenvalue weighted by Crippen LogP contribution is -2.12. The number of hydrogen-bond donors (Lipinski definition) is 3. The predicted molar refractivity (Wildman–Crippen MR) is 128 cm³/mol. The summed E-state index contributed by atoms with van der Waals surface area (Å²) < 4.78 is 69.1. The van der Waals surface area contributed by atoms with E-state index in [0.29, 0.717) is 22.9 Å². The number of hydrogen-bond acceptors (Lipinski definition) is 10. The average Bonchev–Trinajstić information content (AvgIpc) is 3.39. The zero-order valence-electron chi connectivity index (χ0n) is 20.2. The van der Waals surface area contributed by atoms with E-state index in [1.54, 1.807) is 6.92 Å². The number of H-pyrrole nitrogens is 1. The summed E-state index contributed by atoms with van der Waals surface area (Å²) in [6.07, 6.45) is 0. The highest BCUT2D eigenvalue weighted by Crippen LogP contribution is 2.36. The third-order valence-corrected chi connectivity index (χ3v) is 7.01. The van der Waals surface area contributed by atoms with Gasteiger partial charge < -0.3 is 0 Å². The highest BCUT2D eigenvalue weighted by molar-refractivity contribution is 7.86. The van der Waals surface area contributed by atoms with Crippen LogP contribution in [0.1, 0.15) is 43.5 Å². The van der Waals surface area contributed by atoms with Gasteiger partial charge in [0.25, 0.3) is 20.2 Å². The Morgan fingerprint density at radius 3 is 2.30 bits per heavy atom. The van der Waals surface area contributed by atoms with E-state index in [1.807, 2.05) is 26.8 Å². The first-order chi connectivity index (χ1) is 17.0. The van der Waals surface area contributed by atoms with E-state index < -0.39 is 41.1 Å². The molecule has 0 aliphatic carbocycles. The zero-order valence-corrected chi connectivity index (χ0v) is 21.8. The lowest BCUT2D eigenvalue weighted by molar-refractivity contribution is 0.477. The van der Waals surface area contributed by atoms with E-state index in [2.05, 4.69) is 30.5 Å². The fraction of sp³-hybridized carbons (Fsp3) is 0.300. The summed E-state index contributed by atoms with van der Waals surface area (Å²) in [5.41, 5.74) is 0.334. The Morgan fingerprint density at radius 2 is 1.73 bits per heavy atom. The number of azo groups is 1. The highest BCUT2D eigenvalue weighted by atomic mass is 32.2. The van der Waals surface area contributed by atoms with Crippen molar-refractivity contribution in [1.29, 1.82) is 5.26 Å². The molecule has 3 aromatic heterocycles. The van der Waals surface area contributed by atoms with E-state index in [9.17, 15) is 31.2 Å². The minimum atomic E-state index is -4.90. The molecule has 0 saturated carbocycles. The van der Waals surface area contributed by atoms with Crippen molar-refractivity contribution in [2.75, 3.05) is 0 Å². The monoisotopic (exact) mass is 547 g/mol. The first-order valence-corrected chi connectivity index (χ1v) is 13.4. The number of benzene rings is 1. The van der Waals surface area contributed by atoms with Gasteiger partial charge in [0.1, 0.15) is 22.4 Å². The van der Waals surface area contributed by atoms with Crippen LogP contribution in [-0.2, 0) is 25.7 Å². The molecule has 0 aliphatic rings. The van der Waals surface area contributed by atoms with Gasteiger partial charge in [-0.25, -0.2) is 9.67 Å².